The van der Waals surface area contributed by atoms with Gasteiger partial charge >= 0.3 is 0 Å². The molecule has 4 aromatic rings. The molecule has 0 spiro atoms. The van der Waals surface area contributed by atoms with Crippen LogP contribution in [-0.4, -0.2) is 52.9 Å². The summed E-state index contributed by atoms with van der Waals surface area (Å²) in [7, 11) is 3.19. The zero-order valence-electron chi connectivity index (χ0n) is 19.9. The topological polar surface area (TPSA) is 116 Å². The fourth-order valence-electron chi connectivity index (χ4n) is 4.45. The minimum Gasteiger partial charge on any atom is -0.496 e. The van der Waals surface area contributed by atoms with Gasteiger partial charge in [-0.1, -0.05) is 12.1 Å². The van der Waals surface area contributed by atoms with Gasteiger partial charge in [-0.3, -0.25) is 4.79 Å². The van der Waals surface area contributed by atoms with E-state index < -0.39 is 5.91 Å². The number of rotatable bonds is 8. The number of nitrogens with two attached hydrogens (primary N) is 1. The average Bonchev–Trinajstić information content (AvgIpc) is 3.73. The molecule has 2 aromatic carbocycles. The number of fused-ring (bicyclic) bond motifs is 1. The third-order valence-corrected chi connectivity index (χ3v) is 6.23. The van der Waals surface area contributed by atoms with Gasteiger partial charge in [0.1, 0.15) is 11.4 Å². The van der Waals surface area contributed by atoms with Crippen LogP contribution in [0.4, 0.5) is 5.69 Å². The minimum atomic E-state index is -0.575. The van der Waals surface area contributed by atoms with Crippen molar-refractivity contribution in [2.45, 2.75) is 25.8 Å². The SMILES string of the molecule is CCN(c1c(C(N)=O)nnc2cc(-c3ccc(-c4nccnc4OC)cc3OC)ccc12)C1CC1. The van der Waals surface area contributed by atoms with Crippen molar-refractivity contribution in [2.24, 2.45) is 5.73 Å². The molecular weight excluding hydrogens is 444 g/mol. The van der Waals surface area contributed by atoms with Crippen LogP contribution < -0.4 is 20.1 Å². The number of amides is 1. The molecule has 2 heterocycles. The van der Waals surface area contributed by atoms with Gasteiger partial charge in [-0.25, -0.2) is 9.97 Å². The van der Waals surface area contributed by atoms with E-state index in [2.05, 4.69) is 32.0 Å². The standard InChI is InChI=1S/C26H26N6O3/c1-4-32(17-7-8-17)24-19-10-5-15(13-20(19)30-31-23(24)25(27)33)18-9-6-16(14-21(18)34-2)22-26(35-3)29-12-11-28-22/h5-6,9-14,17H,4,7-8H2,1-3H3,(H2,27,33). The lowest BCUT2D eigenvalue weighted by Gasteiger charge is -2.25. The first-order valence-corrected chi connectivity index (χ1v) is 11.5. The number of ether oxygens (including phenoxy) is 2. The maximum atomic E-state index is 12.2. The van der Waals surface area contributed by atoms with Crippen LogP contribution in [0.5, 0.6) is 11.6 Å². The summed E-state index contributed by atoms with van der Waals surface area (Å²) in [6.45, 7) is 2.83. The van der Waals surface area contributed by atoms with Crippen molar-refractivity contribution < 1.29 is 14.3 Å². The summed E-state index contributed by atoms with van der Waals surface area (Å²) >= 11 is 0. The molecule has 9 nitrogen and oxygen atoms in total. The van der Waals surface area contributed by atoms with Gasteiger partial charge in [0.15, 0.2) is 5.69 Å². The Morgan fingerprint density at radius 1 is 1.03 bits per heavy atom. The lowest BCUT2D eigenvalue weighted by Crippen LogP contribution is -2.29. The summed E-state index contributed by atoms with van der Waals surface area (Å²) in [5, 5.41) is 9.40. The zero-order chi connectivity index (χ0) is 24.5. The van der Waals surface area contributed by atoms with Crippen LogP contribution in [0.3, 0.4) is 0 Å². The molecule has 35 heavy (non-hydrogen) atoms. The third kappa shape index (κ3) is 4.09. The molecule has 1 aliphatic rings. The van der Waals surface area contributed by atoms with Gasteiger partial charge in [0.05, 0.1) is 25.4 Å². The van der Waals surface area contributed by atoms with Crippen molar-refractivity contribution in [1.29, 1.82) is 0 Å². The number of primary amides is 1. The number of aromatic nitrogens is 4. The third-order valence-electron chi connectivity index (χ3n) is 6.23. The Morgan fingerprint density at radius 3 is 2.49 bits per heavy atom. The van der Waals surface area contributed by atoms with Crippen molar-refractivity contribution in [3.05, 3.63) is 54.5 Å². The van der Waals surface area contributed by atoms with E-state index in [1.54, 1.807) is 26.6 Å². The van der Waals surface area contributed by atoms with Crippen LogP contribution in [0.25, 0.3) is 33.3 Å². The number of hydrogen-bond donors (Lipinski definition) is 1. The highest BCUT2D eigenvalue weighted by molar-refractivity contribution is 6.06. The first-order valence-electron chi connectivity index (χ1n) is 11.5. The smallest absolute Gasteiger partial charge is 0.271 e. The molecule has 2 N–H and O–H groups in total. The van der Waals surface area contributed by atoms with Gasteiger partial charge in [-0.15, -0.1) is 10.2 Å². The Kier molecular flexibility index (Phi) is 5.90. The maximum Gasteiger partial charge on any atom is 0.271 e. The van der Waals surface area contributed by atoms with Crippen molar-refractivity contribution >= 4 is 22.5 Å². The summed E-state index contributed by atoms with van der Waals surface area (Å²) in [6.07, 6.45) is 5.40. The summed E-state index contributed by atoms with van der Waals surface area (Å²) < 4.78 is 11.1. The highest BCUT2D eigenvalue weighted by Crippen LogP contribution is 2.40. The van der Waals surface area contributed by atoms with E-state index >= 15 is 0 Å². The van der Waals surface area contributed by atoms with Gasteiger partial charge in [0.2, 0.25) is 5.88 Å². The summed E-state index contributed by atoms with van der Waals surface area (Å²) in [6, 6.07) is 12.2. The first kappa shape index (κ1) is 22.5. The van der Waals surface area contributed by atoms with Crippen LogP contribution in [-0.2, 0) is 0 Å². The second-order valence-electron chi connectivity index (χ2n) is 8.34. The summed E-state index contributed by atoms with van der Waals surface area (Å²) in [5.74, 6) is 0.538. The molecule has 9 heteroatoms. The number of benzene rings is 2. The van der Waals surface area contributed by atoms with Gasteiger partial charge in [-0.2, -0.15) is 0 Å². The second kappa shape index (κ2) is 9.17. The molecule has 1 aliphatic carbocycles. The van der Waals surface area contributed by atoms with Crippen LogP contribution in [0.2, 0.25) is 0 Å². The molecule has 0 unspecified atom stereocenters. The number of nitrogens with zero attached hydrogens (tertiary/aromatic N) is 5. The largest absolute Gasteiger partial charge is 0.496 e. The van der Waals surface area contributed by atoms with Crippen molar-refractivity contribution in [2.75, 3.05) is 25.7 Å². The maximum absolute atomic E-state index is 12.2. The Labute approximate surface area is 202 Å². The van der Waals surface area contributed by atoms with Gasteiger partial charge < -0.3 is 20.1 Å². The molecule has 0 aliphatic heterocycles. The molecule has 1 saturated carbocycles. The average molecular weight is 471 g/mol. The number of methoxy groups -OCH3 is 2. The lowest BCUT2D eigenvalue weighted by atomic mass is 9.99. The van der Waals surface area contributed by atoms with Gasteiger partial charge in [0, 0.05) is 41.5 Å². The Hall–Kier alpha value is -4.27. The van der Waals surface area contributed by atoms with Gasteiger partial charge in [0.25, 0.3) is 5.91 Å². The Morgan fingerprint density at radius 2 is 1.80 bits per heavy atom. The molecule has 0 atom stereocenters. The highest BCUT2D eigenvalue weighted by atomic mass is 16.5. The number of carbonyl (C=O) groups excluding carboxylic acids is 1. The summed E-state index contributed by atoms with van der Waals surface area (Å²) in [5.41, 5.74) is 10.6. The Bertz CT molecular complexity index is 1420. The number of anilines is 1. The first-order chi connectivity index (χ1) is 17.0. The van der Waals surface area contributed by atoms with E-state index in [0.717, 1.165) is 47.2 Å². The number of carbonyl (C=O) groups is 1. The van der Waals surface area contributed by atoms with Crippen LogP contribution in [0.1, 0.15) is 30.3 Å². The number of hydrogen-bond acceptors (Lipinski definition) is 8. The van der Waals surface area contributed by atoms with Crippen molar-refractivity contribution in [3.8, 4) is 34.0 Å². The minimum absolute atomic E-state index is 0.207. The molecule has 5 rings (SSSR count). The van der Waals surface area contributed by atoms with E-state index in [-0.39, 0.29) is 5.69 Å². The summed E-state index contributed by atoms with van der Waals surface area (Å²) in [4.78, 5) is 23.0. The lowest BCUT2D eigenvalue weighted by molar-refractivity contribution is 0.0995. The highest BCUT2D eigenvalue weighted by Gasteiger charge is 2.32. The molecule has 1 fully saturated rings. The van der Waals surface area contributed by atoms with Crippen LogP contribution in [0, 0.1) is 0 Å². The van der Waals surface area contributed by atoms with Crippen LogP contribution >= 0.6 is 0 Å². The molecule has 2 aromatic heterocycles. The second-order valence-corrected chi connectivity index (χ2v) is 8.34. The van der Waals surface area contributed by atoms with E-state index in [0.29, 0.717) is 28.9 Å². The molecule has 0 radical (unpaired) electrons. The van der Waals surface area contributed by atoms with E-state index in [4.69, 9.17) is 15.2 Å². The zero-order valence-corrected chi connectivity index (χ0v) is 19.9. The molecule has 0 bridgehead atoms. The van der Waals surface area contributed by atoms with Crippen molar-refractivity contribution in [1.82, 2.24) is 20.2 Å². The molecule has 1 amide bonds. The normalized spacial score (nSPS) is 13.0. The Balaban J connectivity index is 1.61. The molecule has 0 saturated heterocycles. The van der Waals surface area contributed by atoms with E-state index in [1.807, 2.05) is 36.4 Å². The predicted molar refractivity (Wildman–Crippen MR) is 134 cm³/mol. The molecule has 178 valence electrons. The fraction of sp³-hybridized carbons (Fsp3) is 0.269. The van der Waals surface area contributed by atoms with Gasteiger partial charge in [-0.05, 0) is 49.6 Å². The fourth-order valence-corrected chi connectivity index (χ4v) is 4.45. The monoisotopic (exact) mass is 470 g/mol. The molecular formula is C26H26N6O3. The van der Waals surface area contributed by atoms with Crippen LogP contribution in [0.15, 0.2) is 48.8 Å². The van der Waals surface area contributed by atoms with E-state index in [9.17, 15) is 4.79 Å². The van der Waals surface area contributed by atoms with Crippen molar-refractivity contribution in [3.63, 3.8) is 0 Å². The predicted octanol–water partition coefficient (Wildman–Crippen LogP) is 3.86. The van der Waals surface area contributed by atoms with E-state index in [1.165, 1.54) is 0 Å². The quantitative estimate of drug-likeness (QED) is 0.413.